The van der Waals surface area contributed by atoms with Crippen LogP contribution in [0.25, 0.3) is 32.7 Å². The highest BCUT2D eigenvalue weighted by Gasteiger charge is 2.33. The number of benzene rings is 3. The highest BCUT2D eigenvalue weighted by atomic mass is 32.2. The molecule has 536 valence electrons. The highest BCUT2D eigenvalue weighted by molar-refractivity contribution is 8.00. The van der Waals surface area contributed by atoms with Crippen molar-refractivity contribution in [1.82, 2.24) is 60.6 Å². The fourth-order valence-corrected chi connectivity index (χ4v) is 15.2. The van der Waals surface area contributed by atoms with Gasteiger partial charge in [-0.1, -0.05) is 36.4 Å². The first-order chi connectivity index (χ1) is 50.2. The molecule has 0 aliphatic carbocycles. The number of hydrogen-bond acceptors (Lipinski definition) is 23. The first kappa shape index (κ1) is 72.2. The summed E-state index contributed by atoms with van der Waals surface area (Å²) in [6, 6.07) is 40.1. The number of para-hydroxylation sites is 2. The number of rotatable bonds is 20. The van der Waals surface area contributed by atoms with Crippen molar-refractivity contribution in [1.29, 1.82) is 5.26 Å². The number of aromatic nitrogens is 6. The number of anilines is 3. The van der Waals surface area contributed by atoms with Crippen LogP contribution in [0, 0.1) is 11.3 Å². The molecule has 9 aromatic rings. The molecule has 6 aromatic heterocycles. The van der Waals surface area contributed by atoms with Gasteiger partial charge in [0.05, 0.1) is 93.0 Å². The van der Waals surface area contributed by atoms with Crippen LogP contribution in [0.3, 0.4) is 0 Å². The van der Waals surface area contributed by atoms with Gasteiger partial charge in [-0.2, -0.15) is 5.26 Å². The molecular formula is C75H82F2N16O8S2. The second-order valence-electron chi connectivity index (χ2n) is 26.2. The Kier molecular flexibility index (Phi) is 23.8. The number of likely N-dealkylation sites (tertiary alicyclic amines) is 3. The fourth-order valence-electron chi connectivity index (χ4n) is 13.6. The van der Waals surface area contributed by atoms with E-state index in [9.17, 15) is 29.9 Å². The van der Waals surface area contributed by atoms with Gasteiger partial charge in [-0.3, -0.25) is 29.2 Å². The average Bonchev–Trinajstić information content (AvgIpc) is 0.822. The van der Waals surface area contributed by atoms with Gasteiger partial charge in [-0.15, -0.1) is 23.5 Å². The summed E-state index contributed by atoms with van der Waals surface area (Å²) >= 11 is 2.93. The molecular weight excluding hydrogens is 1360 g/mol. The van der Waals surface area contributed by atoms with Crippen LogP contribution < -0.4 is 46.1 Å². The Hall–Kier alpha value is -9.12. The second kappa shape index (κ2) is 34.0. The molecule has 3 aromatic carbocycles. The van der Waals surface area contributed by atoms with Crippen LogP contribution in [-0.4, -0.2) is 194 Å². The number of nitrogens with zero attached hydrogens (tertiary/aromatic N) is 10. The maximum Gasteiger partial charge on any atom is 0.263 e. The van der Waals surface area contributed by atoms with Crippen LogP contribution in [0.1, 0.15) is 77.2 Å². The number of aliphatic hydroxyl groups excluding tert-OH is 2. The number of amides is 3. The first-order valence-electron chi connectivity index (χ1n) is 34.6. The maximum absolute atomic E-state index is 15.0. The molecule has 12 heterocycles. The molecule has 15 rings (SSSR count). The lowest BCUT2D eigenvalue weighted by Crippen LogP contribution is -2.51. The number of methoxy groups -OCH3 is 2. The molecule has 28 heteroatoms. The van der Waals surface area contributed by atoms with E-state index < -0.39 is 24.6 Å². The summed E-state index contributed by atoms with van der Waals surface area (Å²) < 4.78 is 45.9. The lowest BCUT2D eigenvalue weighted by Gasteiger charge is -2.36. The number of β-amino-alcohol motifs (C(OH)–C–C–N with tert-alkyl or cyclic N) is 2. The highest BCUT2D eigenvalue weighted by Crippen LogP contribution is 2.34. The van der Waals surface area contributed by atoms with Gasteiger partial charge in [0.25, 0.3) is 5.91 Å². The van der Waals surface area contributed by atoms with Crippen molar-refractivity contribution in [2.75, 3.05) is 107 Å². The van der Waals surface area contributed by atoms with Crippen molar-refractivity contribution in [2.24, 2.45) is 0 Å². The Morgan fingerprint density at radius 3 is 1.68 bits per heavy atom. The molecule has 8 N–H and O–H groups in total. The SMILES string of the molecule is COc1ccc2cccc(C(O)CN3CC[C@@H](NCc4ccc5c(n4)NC(=O)CS5)[C@@H](F)C3)c2n1.COc1ccc2cccc(C(O)CN3CC[C@H](NCc4ccc5c(n4)NC(=O)CS5)[C@H](F)C3)c2n1.N#Cc1ccc2nccc(CCN3CCC(NCc4ccc5c(n4)NC(=O)CO5)CC3)c2c1. The standard InChI is InChI=1S/2C25H28FN5O3S.C25H26N6O2/c2*1-34-23-8-5-15-3-2-4-17(24(15)30-23)20(32)13-31-10-9-19(18(26)12-31)27-11-16-6-7-21-25(28-16)29-22(33)14-35-21;26-14-17-1-3-22-21(13-17)18(5-9-27-22)6-10-31-11-7-19(8-12-31)28-15-20-2-4-23-25(29-20)30-24(32)16-33-23/h2*2-8,18-20,27,32H,9-14H2,1H3,(H,28,29,33);1-5,9,13,19,28H,6-8,10-12,15-16H2,(H,29,30,32)/t2*18-,19+,20?;/m10./s1. The predicted octanol–water partition coefficient (Wildman–Crippen LogP) is 8.47. The van der Waals surface area contributed by atoms with E-state index in [1.165, 1.54) is 29.1 Å². The third kappa shape index (κ3) is 18.5. The van der Waals surface area contributed by atoms with E-state index in [1.807, 2.05) is 119 Å². The summed E-state index contributed by atoms with van der Waals surface area (Å²) in [5, 5.41) is 52.5. The minimum Gasteiger partial charge on any atom is -0.481 e. The first-order valence-corrected chi connectivity index (χ1v) is 36.6. The van der Waals surface area contributed by atoms with Gasteiger partial charge in [0.15, 0.2) is 18.2 Å². The van der Waals surface area contributed by atoms with Crippen LogP contribution in [0.2, 0.25) is 0 Å². The van der Waals surface area contributed by atoms with Gasteiger partial charge in [-0.05, 0) is 137 Å². The van der Waals surface area contributed by atoms with Crippen molar-refractivity contribution < 1.29 is 47.6 Å². The summed E-state index contributed by atoms with van der Waals surface area (Å²) in [7, 11) is 3.12. The maximum atomic E-state index is 15.0. The smallest absolute Gasteiger partial charge is 0.263 e. The minimum atomic E-state index is -1.07. The molecule has 0 saturated carbocycles. The summed E-state index contributed by atoms with van der Waals surface area (Å²) in [5.41, 5.74) is 8.07. The Morgan fingerprint density at radius 2 is 1.14 bits per heavy atom. The quantitative estimate of drug-likeness (QED) is 0.0355. The van der Waals surface area contributed by atoms with Crippen LogP contribution in [0.5, 0.6) is 17.5 Å². The van der Waals surface area contributed by atoms with Crippen LogP contribution in [0.15, 0.2) is 137 Å². The van der Waals surface area contributed by atoms with E-state index in [0.717, 1.165) is 87.4 Å². The molecule has 3 amide bonds. The van der Waals surface area contributed by atoms with E-state index in [-0.39, 0.29) is 49.5 Å². The van der Waals surface area contributed by atoms with Gasteiger partial charge in [-0.25, -0.2) is 33.7 Å². The van der Waals surface area contributed by atoms with E-state index >= 15 is 8.78 Å². The number of nitrogens with one attached hydrogen (secondary N) is 6. The fraction of sp³-hybridized carbons (Fsp3) is 0.387. The summed E-state index contributed by atoms with van der Waals surface area (Å²) in [6.45, 7) is 7.11. The molecule has 6 atom stereocenters. The van der Waals surface area contributed by atoms with Crippen LogP contribution in [0.4, 0.5) is 26.2 Å². The van der Waals surface area contributed by atoms with Crippen LogP contribution in [-0.2, 0) is 40.4 Å². The number of halogens is 2. The molecule has 0 radical (unpaired) electrons. The van der Waals surface area contributed by atoms with E-state index in [0.29, 0.717) is 139 Å². The molecule has 3 saturated heterocycles. The predicted molar refractivity (Wildman–Crippen MR) is 392 cm³/mol. The van der Waals surface area contributed by atoms with E-state index in [2.05, 4.69) is 78.8 Å². The zero-order valence-corrected chi connectivity index (χ0v) is 58.8. The number of pyridine rings is 6. The number of piperidine rings is 3. The lowest BCUT2D eigenvalue weighted by atomic mass is 10.0. The molecule has 0 spiro atoms. The number of fused-ring (bicyclic) bond motifs is 6. The van der Waals surface area contributed by atoms with Crippen molar-refractivity contribution >= 4 is 91.4 Å². The third-order valence-corrected chi connectivity index (χ3v) is 21.3. The number of carbonyl (C=O) groups excluding carboxylic acids is 3. The number of ether oxygens (including phenoxy) is 3. The van der Waals surface area contributed by atoms with Crippen molar-refractivity contribution in [3.8, 4) is 23.6 Å². The monoisotopic (exact) mass is 1440 g/mol. The average molecular weight is 1440 g/mol. The van der Waals surface area contributed by atoms with Crippen molar-refractivity contribution in [3.63, 3.8) is 0 Å². The topological polar surface area (TPSA) is 302 Å². The van der Waals surface area contributed by atoms with Crippen molar-refractivity contribution in [2.45, 2.75) is 104 Å². The minimum absolute atomic E-state index is 0.0448. The molecule has 0 bridgehead atoms. The molecule has 6 aliphatic rings. The Balaban J connectivity index is 0.000000138. The van der Waals surface area contributed by atoms with Crippen molar-refractivity contribution in [3.05, 3.63) is 167 Å². The van der Waals surface area contributed by atoms with Gasteiger partial charge >= 0.3 is 0 Å². The number of hydrogen-bond donors (Lipinski definition) is 8. The van der Waals surface area contributed by atoms with Gasteiger partial charge in [0.1, 0.15) is 24.0 Å². The molecule has 24 nitrogen and oxygen atoms in total. The van der Waals surface area contributed by atoms with Gasteiger partial charge < -0.3 is 61.2 Å². The number of thioether (sulfide) groups is 2. The number of alkyl halides is 2. The normalized spacial score (nSPS) is 19.9. The van der Waals surface area contributed by atoms with Gasteiger partial charge in [0, 0.05) is 116 Å². The number of nitriles is 1. The van der Waals surface area contributed by atoms with E-state index in [1.54, 1.807) is 26.4 Å². The number of aliphatic hydroxyl groups is 2. The van der Waals surface area contributed by atoms with Gasteiger partial charge in [0.2, 0.25) is 23.6 Å². The molecule has 6 aliphatic heterocycles. The lowest BCUT2D eigenvalue weighted by molar-refractivity contribution is -0.118. The molecule has 3 fully saturated rings. The Labute approximate surface area is 603 Å². The number of carbonyl (C=O) groups is 3. The zero-order valence-electron chi connectivity index (χ0n) is 57.2. The Bertz CT molecular complexity index is 4390. The zero-order chi connectivity index (χ0) is 71.3. The second-order valence-corrected chi connectivity index (χ2v) is 28.2. The third-order valence-electron chi connectivity index (χ3n) is 19.2. The summed E-state index contributed by atoms with van der Waals surface area (Å²) in [5.74, 6) is 3.76. The largest absolute Gasteiger partial charge is 0.481 e. The Morgan fingerprint density at radius 1 is 0.612 bits per heavy atom. The van der Waals surface area contributed by atoms with E-state index in [4.69, 9.17) is 14.2 Å². The summed E-state index contributed by atoms with van der Waals surface area (Å²) in [6.07, 6.45) is 2.47. The van der Waals surface area contributed by atoms with Crippen LogP contribution >= 0.6 is 23.5 Å². The summed E-state index contributed by atoms with van der Waals surface area (Å²) in [4.78, 5) is 70.0. The molecule has 2 unspecified atom stereocenters. The molecule has 103 heavy (non-hydrogen) atoms.